The van der Waals surface area contributed by atoms with E-state index in [1.165, 1.54) is 0 Å². The van der Waals surface area contributed by atoms with E-state index in [-0.39, 0.29) is 24.8 Å². The lowest BCUT2D eigenvalue weighted by molar-refractivity contribution is 0.340. The third kappa shape index (κ3) is 6.05. The standard InChI is InChI=1S/C28H33N3O3.2ClH/c1-6-9-25-23-16-27(33-5)26(32-4)15-22(23)20(17-30-25)13-19-12-18-14-21(34-8-3)10-11-24(18)31-28(19)29-7-2;;/h10-12,14-17H,6-9,13H2,1-5H3,(H,29,31);2*1H. The topological polar surface area (TPSA) is 65.5 Å². The van der Waals surface area contributed by atoms with Crippen LogP contribution in [0.25, 0.3) is 21.7 Å². The van der Waals surface area contributed by atoms with E-state index in [1.54, 1.807) is 14.2 Å². The maximum atomic E-state index is 5.71. The Labute approximate surface area is 225 Å². The molecule has 0 aliphatic carbocycles. The molecule has 0 spiro atoms. The number of halogens is 2. The Balaban J connectivity index is 0.00000228. The number of hydrogen-bond donors (Lipinski definition) is 1. The summed E-state index contributed by atoms with van der Waals surface area (Å²) in [5.41, 5.74) is 4.25. The lowest BCUT2D eigenvalue weighted by atomic mass is 9.97. The molecule has 2 aromatic heterocycles. The van der Waals surface area contributed by atoms with Gasteiger partial charge in [0.15, 0.2) is 11.5 Å². The van der Waals surface area contributed by atoms with Gasteiger partial charge >= 0.3 is 0 Å². The summed E-state index contributed by atoms with van der Waals surface area (Å²) in [5, 5.41) is 6.73. The average Bonchev–Trinajstić information content (AvgIpc) is 2.85. The van der Waals surface area contributed by atoms with Crippen molar-refractivity contribution in [1.29, 1.82) is 0 Å². The van der Waals surface area contributed by atoms with Crippen LogP contribution in [0.15, 0.2) is 42.6 Å². The molecule has 0 atom stereocenters. The van der Waals surface area contributed by atoms with Crippen molar-refractivity contribution in [2.45, 2.75) is 40.0 Å². The van der Waals surface area contributed by atoms with Gasteiger partial charge in [-0.1, -0.05) is 13.3 Å². The van der Waals surface area contributed by atoms with Crippen LogP contribution in [0.1, 0.15) is 44.0 Å². The van der Waals surface area contributed by atoms with Crippen molar-refractivity contribution in [3.63, 3.8) is 0 Å². The zero-order valence-corrected chi connectivity index (χ0v) is 23.1. The third-order valence-electron chi connectivity index (χ3n) is 5.94. The molecule has 0 fully saturated rings. The number of nitrogens with zero attached hydrogens (tertiary/aromatic N) is 2. The summed E-state index contributed by atoms with van der Waals surface area (Å²) in [6.45, 7) is 7.67. The first-order valence-electron chi connectivity index (χ1n) is 11.9. The Morgan fingerprint density at radius 3 is 2.22 bits per heavy atom. The molecule has 2 heterocycles. The Bertz CT molecular complexity index is 1310. The lowest BCUT2D eigenvalue weighted by Gasteiger charge is -2.16. The maximum absolute atomic E-state index is 5.71. The number of nitrogens with one attached hydrogen (secondary N) is 1. The SMILES string of the molecule is CCCc1ncc(Cc2cc3cc(OCC)ccc3nc2NCC)c2cc(OC)c(OC)cc12.Cl.Cl. The van der Waals surface area contributed by atoms with Gasteiger partial charge in [-0.25, -0.2) is 4.98 Å². The van der Waals surface area contributed by atoms with Crippen LogP contribution in [0.5, 0.6) is 17.2 Å². The first-order valence-corrected chi connectivity index (χ1v) is 11.9. The molecule has 0 saturated carbocycles. The average molecular weight is 533 g/mol. The van der Waals surface area contributed by atoms with Crippen LogP contribution >= 0.6 is 24.8 Å². The van der Waals surface area contributed by atoms with Crippen LogP contribution in [0, 0.1) is 0 Å². The van der Waals surface area contributed by atoms with Crippen LogP contribution in [-0.2, 0) is 12.8 Å². The molecule has 0 radical (unpaired) electrons. The number of pyridine rings is 2. The minimum absolute atomic E-state index is 0. The van der Waals surface area contributed by atoms with E-state index in [1.807, 2.05) is 31.3 Å². The van der Waals surface area contributed by atoms with Gasteiger partial charge in [-0.2, -0.15) is 0 Å². The molecule has 0 unspecified atom stereocenters. The summed E-state index contributed by atoms with van der Waals surface area (Å²) in [5.74, 6) is 3.18. The second-order valence-corrected chi connectivity index (χ2v) is 8.22. The van der Waals surface area contributed by atoms with Crippen LogP contribution in [-0.4, -0.2) is 37.3 Å². The van der Waals surface area contributed by atoms with Crippen molar-refractivity contribution < 1.29 is 14.2 Å². The number of methoxy groups -OCH3 is 2. The first kappa shape index (κ1) is 29.3. The molecular weight excluding hydrogens is 497 g/mol. The van der Waals surface area contributed by atoms with E-state index in [2.05, 4.69) is 37.4 Å². The molecule has 0 aliphatic rings. The van der Waals surface area contributed by atoms with Gasteiger partial charge in [-0.15, -0.1) is 24.8 Å². The van der Waals surface area contributed by atoms with E-state index in [0.29, 0.717) is 13.0 Å². The fourth-order valence-corrected chi connectivity index (χ4v) is 4.37. The van der Waals surface area contributed by atoms with Gasteiger partial charge in [-0.3, -0.25) is 4.98 Å². The smallest absolute Gasteiger partial charge is 0.161 e. The second kappa shape index (κ2) is 13.4. The van der Waals surface area contributed by atoms with E-state index < -0.39 is 0 Å². The van der Waals surface area contributed by atoms with Gasteiger partial charge in [-0.05, 0) is 73.2 Å². The van der Waals surface area contributed by atoms with Crippen LogP contribution in [0.3, 0.4) is 0 Å². The monoisotopic (exact) mass is 531 g/mol. The minimum Gasteiger partial charge on any atom is -0.494 e. The van der Waals surface area contributed by atoms with Crippen LogP contribution in [0.2, 0.25) is 0 Å². The van der Waals surface area contributed by atoms with Gasteiger partial charge < -0.3 is 19.5 Å². The van der Waals surface area contributed by atoms with Crippen molar-refractivity contribution in [1.82, 2.24) is 9.97 Å². The van der Waals surface area contributed by atoms with Gasteiger partial charge in [0.25, 0.3) is 0 Å². The molecule has 1 N–H and O–H groups in total. The van der Waals surface area contributed by atoms with Crippen molar-refractivity contribution >= 4 is 52.3 Å². The quantitative estimate of drug-likeness (QED) is 0.237. The normalized spacial score (nSPS) is 10.5. The second-order valence-electron chi connectivity index (χ2n) is 8.22. The number of anilines is 1. The molecule has 2 aromatic carbocycles. The fraction of sp³-hybridized carbons (Fsp3) is 0.357. The molecule has 36 heavy (non-hydrogen) atoms. The molecule has 6 nitrogen and oxygen atoms in total. The molecule has 0 amide bonds. The predicted octanol–water partition coefficient (Wildman–Crippen LogP) is 7.02. The highest BCUT2D eigenvalue weighted by molar-refractivity contribution is 5.91. The van der Waals surface area contributed by atoms with Gasteiger partial charge in [0, 0.05) is 35.6 Å². The molecule has 8 heteroatoms. The fourth-order valence-electron chi connectivity index (χ4n) is 4.37. The Morgan fingerprint density at radius 1 is 0.861 bits per heavy atom. The highest BCUT2D eigenvalue weighted by Gasteiger charge is 2.16. The minimum atomic E-state index is 0. The number of benzene rings is 2. The summed E-state index contributed by atoms with van der Waals surface area (Å²) >= 11 is 0. The van der Waals surface area contributed by atoms with Crippen molar-refractivity contribution in [2.24, 2.45) is 0 Å². The number of ether oxygens (including phenoxy) is 3. The largest absolute Gasteiger partial charge is 0.494 e. The molecule has 0 bridgehead atoms. The predicted molar refractivity (Wildman–Crippen MR) is 153 cm³/mol. The van der Waals surface area contributed by atoms with Gasteiger partial charge in [0.05, 0.1) is 26.3 Å². The van der Waals surface area contributed by atoms with Crippen LogP contribution < -0.4 is 19.5 Å². The van der Waals surface area contributed by atoms with E-state index in [4.69, 9.17) is 24.2 Å². The zero-order valence-electron chi connectivity index (χ0n) is 21.5. The maximum Gasteiger partial charge on any atom is 0.161 e. The van der Waals surface area contributed by atoms with E-state index in [9.17, 15) is 0 Å². The van der Waals surface area contributed by atoms with Crippen molar-refractivity contribution in [3.05, 3.63) is 59.4 Å². The third-order valence-corrected chi connectivity index (χ3v) is 5.94. The zero-order chi connectivity index (χ0) is 24.1. The van der Waals surface area contributed by atoms with Crippen LogP contribution in [0.4, 0.5) is 5.82 Å². The summed E-state index contributed by atoms with van der Waals surface area (Å²) < 4.78 is 16.9. The summed E-state index contributed by atoms with van der Waals surface area (Å²) in [7, 11) is 3.34. The number of rotatable bonds is 10. The van der Waals surface area contributed by atoms with Gasteiger partial charge in [0.2, 0.25) is 0 Å². The number of aryl methyl sites for hydroxylation is 1. The summed E-state index contributed by atoms with van der Waals surface area (Å²) in [6.07, 6.45) is 4.62. The summed E-state index contributed by atoms with van der Waals surface area (Å²) in [6, 6.07) is 12.4. The molecule has 4 rings (SSSR count). The lowest BCUT2D eigenvalue weighted by Crippen LogP contribution is -2.06. The molecular formula is C28H35Cl2N3O3. The number of aromatic nitrogens is 2. The van der Waals surface area contributed by atoms with Gasteiger partial charge in [0.1, 0.15) is 11.6 Å². The van der Waals surface area contributed by atoms with Crippen molar-refractivity contribution in [2.75, 3.05) is 32.7 Å². The Morgan fingerprint density at radius 2 is 1.58 bits per heavy atom. The van der Waals surface area contributed by atoms with Crippen molar-refractivity contribution in [3.8, 4) is 17.2 Å². The van der Waals surface area contributed by atoms with E-state index >= 15 is 0 Å². The highest BCUT2D eigenvalue weighted by atomic mass is 35.5. The molecule has 0 aliphatic heterocycles. The highest BCUT2D eigenvalue weighted by Crippen LogP contribution is 2.36. The molecule has 194 valence electrons. The Hall–Kier alpha value is -2.96. The molecule has 4 aromatic rings. The number of fused-ring (bicyclic) bond motifs is 2. The first-order chi connectivity index (χ1) is 16.6. The molecule has 0 saturated heterocycles. The van der Waals surface area contributed by atoms with E-state index in [0.717, 1.165) is 80.9 Å². The Kier molecular flexibility index (Phi) is 10.9. The summed E-state index contributed by atoms with van der Waals surface area (Å²) in [4.78, 5) is 9.76. The number of hydrogen-bond acceptors (Lipinski definition) is 6.